The third kappa shape index (κ3) is 6.33. The number of rotatable bonds is 9. The first kappa shape index (κ1) is 27.6. The lowest BCUT2D eigenvalue weighted by Gasteiger charge is -2.19. The molecule has 0 fully saturated rings. The Balaban J connectivity index is 1.70. The summed E-state index contributed by atoms with van der Waals surface area (Å²) in [6, 6.07) is 8.81. The molecule has 200 valence electrons. The summed E-state index contributed by atoms with van der Waals surface area (Å²) in [6.07, 6.45) is 5.94. The molecule has 38 heavy (non-hydrogen) atoms. The largest absolute Gasteiger partial charge is 0.327 e. The van der Waals surface area contributed by atoms with E-state index in [1.807, 2.05) is 31.4 Å². The first-order valence-corrected chi connectivity index (χ1v) is 14.4. The number of halogens is 1. The van der Waals surface area contributed by atoms with Crippen molar-refractivity contribution in [3.63, 3.8) is 0 Å². The van der Waals surface area contributed by atoms with Gasteiger partial charge in [0, 0.05) is 33.8 Å². The SMILES string of the molecule is CC(C)Cc1cc(-c2cccc(C(=O)Cn3ccnc3C(C)(C)C)c2)c(S(=O)(=O)Nc2ncc(F)cn2)s1. The van der Waals surface area contributed by atoms with Crippen molar-refractivity contribution in [3.8, 4) is 11.1 Å². The number of nitrogens with one attached hydrogen (secondary N) is 1. The molecule has 8 nitrogen and oxygen atoms in total. The number of hydrogen-bond acceptors (Lipinski definition) is 7. The zero-order valence-corrected chi connectivity index (χ0v) is 23.5. The van der Waals surface area contributed by atoms with Gasteiger partial charge in [-0.1, -0.05) is 52.8 Å². The van der Waals surface area contributed by atoms with Gasteiger partial charge in [-0.3, -0.25) is 4.79 Å². The number of carbonyl (C=O) groups is 1. The fourth-order valence-electron chi connectivity index (χ4n) is 4.05. The zero-order chi connectivity index (χ0) is 27.7. The van der Waals surface area contributed by atoms with Gasteiger partial charge in [0.2, 0.25) is 5.95 Å². The van der Waals surface area contributed by atoms with E-state index in [1.54, 1.807) is 36.7 Å². The van der Waals surface area contributed by atoms with Gasteiger partial charge in [-0.2, -0.15) is 0 Å². The van der Waals surface area contributed by atoms with E-state index in [0.717, 1.165) is 34.4 Å². The predicted molar refractivity (Wildman–Crippen MR) is 146 cm³/mol. The second-order valence-corrected chi connectivity index (χ2v) is 13.5. The van der Waals surface area contributed by atoms with Crippen LogP contribution in [0.5, 0.6) is 0 Å². The van der Waals surface area contributed by atoms with Gasteiger partial charge >= 0.3 is 0 Å². The van der Waals surface area contributed by atoms with Gasteiger partial charge in [0.05, 0.1) is 18.9 Å². The van der Waals surface area contributed by atoms with E-state index >= 15 is 0 Å². The van der Waals surface area contributed by atoms with Crippen molar-refractivity contribution in [2.75, 3.05) is 4.72 Å². The second-order valence-electron chi connectivity index (χ2n) is 10.5. The van der Waals surface area contributed by atoms with Crippen LogP contribution in [0, 0.1) is 11.7 Å². The zero-order valence-electron chi connectivity index (χ0n) is 21.9. The standard InChI is InChI=1S/C27H30FN5O3S2/c1-17(2)11-21-13-22(24(37-21)38(35,36)32-26-30-14-20(28)15-31-26)18-7-6-8-19(12-18)23(34)16-33-10-9-29-25(33)27(3,4)5/h6-10,12-15,17H,11,16H2,1-5H3,(H,30,31,32). The Kier molecular flexibility index (Phi) is 7.80. The maximum absolute atomic E-state index is 13.4. The molecule has 0 unspecified atom stereocenters. The van der Waals surface area contributed by atoms with Crippen LogP contribution >= 0.6 is 11.3 Å². The number of anilines is 1. The van der Waals surface area contributed by atoms with Crippen LogP contribution in [0.4, 0.5) is 10.3 Å². The summed E-state index contributed by atoms with van der Waals surface area (Å²) in [4.78, 5) is 26.0. The van der Waals surface area contributed by atoms with Crippen LogP contribution in [0.25, 0.3) is 11.1 Å². The van der Waals surface area contributed by atoms with Crippen molar-refractivity contribution < 1.29 is 17.6 Å². The number of thiophene rings is 1. The second kappa shape index (κ2) is 10.7. The third-order valence-electron chi connectivity index (χ3n) is 5.64. The van der Waals surface area contributed by atoms with E-state index in [4.69, 9.17) is 0 Å². The van der Waals surface area contributed by atoms with Gasteiger partial charge in [0.1, 0.15) is 10.0 Å². The molecule has 0 amide bonds. The lowest BCUT2D eigenvalue weighted by Crippen LogP contribution is -2.21. The van der Waals surface area contributed by atoms with Gasteiger partial charge < -0.3 is 4.57 Å². The summed E-state index contributed by atoms with van der Waals surface area (Å²) in [5, 5.41) is 0. The lowest BCUT2D eigenvalue weighted by molar-refractivity contribution is 0.0970. The minimum Gasteiger partial charge on any atom is -0.327 e. The minimum absolute atomic E-state index is 0.0790. The minimum atomic E-state index is -4.09. The number of sulfonamides is 1. The Morgan fingerprint density at radius 2 is 1.84 bits per heavy atom. The van der Waals surface area contributed by atoms with Crippen LogP contribution in [0.1, 0.15) is 55.7 Å². The molecular weight excluding hydrogens is 525 g/mol. The fourth-order valence-corrected chi connectivity index (χ4v) is 6.95. The number of carbonyl (C=O) groups excluding carboxylic acids is 1. The third-order valence-corrected chi connectivity index (χ3v) is 8.66. The first-order valence-electron chi connectivity index (χ1n) is 12.1. The molecule has 0 saturated heterocycles. The van der Waals surface area contributed by atoms with Crippen LogP contribution in [-0.4, -0.2) is 33.7 Å². The summed E-state index contributed by atoms with van der Waals surface area (Å²) < 4.78 is 44.3. The Bertz CT molecular complexity index is 1550. The Morgan fingerprint density at radius 1 is 1.13 bits per heavy atom. The highest BCUT2D eigenvalue weighted by atomic mass is 32.2. The number of benzene rings is 1. The van der Waals surface area contributed by atoms with Crippen molar-refractivity contribution in [2.45, 2.75) is 57.2 Å². The fraction of sp³-hybridized carbons (Fsp3) is 0.333. The molecular formula is C27H30FN5O3S2. The Labute approximate surface area is 226 Å². The molecule has 3 heterocycles. The van der Waals surface area contributed by atoms with Crippen LogP contribution in [0.3, 0.4) is 0 Å². The molecule has 0 aliphatic rings. The number of ketones is 1. The number of Topliss-reactive ketones (excluding diaryl/α,β-unsaturated/α-hetero) is 1. The summed E-state index contributed by atoms with van der Waals surface area (Å²) in [5.41, 5.74) is 1.32. The molecule has 0 atom stereocenters. The molecule has 4 aromatic rings. The molecule has 4 rings (SSSR count). The van der Waals surface area contributed by atoms with Gasteiger partial charge in [-0.15, -0.1) is 11.3 Å². The van der Waals surface area contributed by atoms with Crippen molar-refractivity contribution in [3.05, 3.63) is 77.2 Å². The summed E-state index contributed by atoms with van der Waals surface area (Å²) in [6.45, 7) is 10.3. The highest BCUT2D eigenvalue weighted by Crippen LogP contribution is 2.37. The Hall–Kier alpha value is -3.44. The number of imidazole rings is 1. The molecule has 3 aromatic heterocycles. The van der Waals surface area contributed by atoms with Crippen molar-refractivity contribution in [1.29, 1.82) is 0 Å². The average molecular weight is 556 g/mol. The molecule has 1 N–H and O–H groups in total. The van der Waals surface area contributed by atoms with Gasteiger partial charge in [0.25, 0.3) is 10.0 Å². The summed E-state index contributed by atoms with van der Waals surface area (Å²) in [7, 11) is -4.09. The van der Waals surface area contributed by atoms with Crippen LogP contribution in [0.15, 0.2) is 59.3 Å². The molecule has 0 bridgehead atoms. The van der Waals surface area contributed by atoms with Crippen molar-refractivity contribution >= 4 is 33.1 Å². The maximum atomic E-state index is 13.4. The molecule has 0 aliphatic carbocycles. The first-order chi connectivity index (χ1) is 17.8. The van der Waals surface area contributed by atoms with Gasteiger partial charge in [0.15, 0.2) is 11.6 Å². The topological polar surface area (TPSA) is 107 Å². The summed E-state index contributed by atoms with van der Waals surface area (Å²) in [5.74, 6) is 0.104. The highest BCUT2D eigenvalue weighted by Gasteiger charge is 2.26. The number of nitrogens with zero attached hydrogens (tertiary/aromatic N) is 4. The van der Waals surface area contributed by atoms with Crippen molar-refractivity contribution in [2.24, 2.45) is 5.92 Å². The molecule has 0 radical (unpaired) electrons. The van der Waals surface area contributed by atoms with Crippen LogP contribution in [-0.2, 0) is 28.4 Å². The van der Waals surface area contributed by atoms with E-state index in [-0.39, 0.29) is 27.9 Å². The predicted octanol–water partition coefficient (Wildman–Crippen LogP) is 5.72. The number of hydrogen-bond donors (Lipinski definition) is 1. The lowest BCUT2D eigenvalue weighted by atomic mass is 9.95. The van der Waals surface area contributed by atoms with E-state index in [9.17, 15) is 17.6 Å². The van der Waals surface area contributed by atoms with E-state index in [0.29, 0.717) is 29.0 Å². The van der Waals surface area contributed by atoms with E-state index in [1.165, 1.54) is 0 Å². The van der Waals surface area contributed by atoms with E-state index in [2.05, 4.69) is 33.5 Å². The monoisotopic (exact) mass is 555 g/mol. The molecule has 0 saturated carbocycles. The molecule has 0 spiro atoms. The number of aromatic nitrogens is 4. The molecule has 0 aliphatic heterocycles. The maximum Gasteiger partial charge on any atom is 0.274 e. The summed E-state index contributed by atoms with van der Waals surface area (Å²) >= 11 is 1.16. The molecule has 11 heteroatoms. The van der Waals surface area contributed by atoms with Gasteiger partial charge in [-0.25, -0.2) is 32.5 Å². The smallest absolute Gasteiger partial charge is 0.274 e. The normalized spacial score (nSPS) is 12.2. The Morgan fingerprint density at radius 3 is 2.50 bits per heavy atom. The quantitative estimate of drug-likeness (QED) is 0.265. The van der Waals surface area contributed by atoms with Gasteiger partial charge in [-0.05, 0) is 30.0 Å². The highest BCUT2D eigenvalue weighted by molar-refractivity contribution is 7.94. The molecule has 1 aromatic carbocycles. The van der Waals surface area contributed by atoms with E-state index < -0.39 is 15.8 Å². The van der Waals surface area contributed by atoms with Crippen LogP contribution < -0.4 is 4.72 Å². The van der Waals surface area contributed by atoms with Crippen molar-refractivity contribution in [1.82, 2.24) is 19.5 Å². The van der Waals surface area contributed by atoms with Crippen LogP contribution in [0.2, 0.25) is 0 Å². The average Bonchev–Trinajstić information content (AvgIpc) is 3.48.